The molecule has 2 amide bonds. The highest BCUT2D eigenvalue weighted by Gasteiger charge is 2.28. The van der Waals surface area contributed by atoms with Gasteiger partial charge in [-0.15, -0.1) is 0 Å². The third-order valence-electron chi connectivity index (χ3n) is 5.13. The van der Waals surface area contributed by atoms with Crippen molar-refractivity contribution in [3.05, 3.63) is 59.7 Å². The zero-order chi connectivity index (χ0) is 20.4. The molecular weight excluding hydrogens is 390 g/mol. The Morgan fingerprint density at radius 3 is 2.38 bits per heavy atom. The maximum absolute atomic E-state index is 12.8. The zero-order valence-electron chi connectivity index (χ0n) is 15.9. The van der Waals surface area contributed by atoms with Crippen LogP contribution in [0.2, 0.25) is 0 Å². The Morgan fingerprint density at radius 1 is 0.931 bits per heavy atom. The second-order valence-electron chi connectivity index (χ2n) is 7.39. The van der Waals surface area contributed by atoms with Crippen LogP contribution in [0.5, 0.6) is 0 Å². The molecule has 0 atom stereocenters. The van der Waals surface area contributed by atoms with Crippen LogP contribution < -0.4 is 10.6 Å². The fourth-order valence-electron chi connectivity index (χ4n) is 3.35. The van der Waals surface area contributed by atoms with Crippen molar-refractivity contribution in [3.63, 3.8) is 0 Å². The zero-order valence-corrected chi connectivity index (χ0v) is 16.7. The van der Waals surface area contributed by atoms with Crippen LogP contribution in [-0.2, 0) is 10.0 Å². The van der Waals surface area contributed by atoms with Gasteiger partial charge in [0.25, 0.3) is 11.8 Å². The van der Waals surface area contributed by atoms with Crippen LogP contribution in [0, 0.1) is 0 Å². The molecule has 1 heterocycles. The van der Waals surface area contributed by atoms with Crippen molar-refractivity contribution in [2.75, 3.05) is 18.4 Å². The van der Waals surface area contributed by atoms with E-state index < -0.39 is 15.9 Å². The number of para-hydroxylation sites is 1. The fraction of sp³-hybridized carbons (Fsp3) is 0.333. The topological polar surface area (TPSA) is 95.6 Å². The summed E-state index contributed by atoms with van der Waals surface area (Å²) >= 11 is 0. The van der Waals surface area contributed by atoms with E-state index in [9.17, 15) is 18.0 Å². The minimum Gasteiger partial charge on any atom is -0.349 e. The Labute approximate surface area is 170 Å². The summed E-state index contributed by atoms with van der Waals surface area (Å²) in [5, 5.41) is 5.65. The number of hydrogen-bond donors (Lipinski definition) is 2. The molecule has 0 aromatic heterocycles. The smallest absolute Gasteiger partial charge is 0.255 e. The Bertz CT molecular complexity index is 1040. The minimum atomic E-state index is -3.61. The van der Waals surface area contributed by atoms with Gasteiger partial charge in [-0.3, -0.25) is 9.59 Å². The maximum Gasteiger partial charge on any atom is 0.255 e. The van der Waals surface area contributed by atoms with Gasteiger partial charge in [0.2, 0.25) is 10.0 Å². The molecule has 2 aromatic carbocycles. The molecule has 0 bridgehead atoms. The predicted molar refractivity (Wildman–Crippen MR) is 109 cm³/mol. The molecule has 152 valence electrons. The van der Waals surface area contributed by atoms with Crippen LogP contribution in [0.3, 0.4) is 0 Å². The maximum atomic E-state index is 12.8. The van der Waals surface area contributed by atoms with Crippen molar-refractivity contribution in [1.29, 1.82) is 0 Å². The van der Waals surface area contributed by atoms with E-state index in [0.29, 0.717) is 24.3 Å². The molecule has 2 N–H and O–H groups in total. The number of rotatable bonds is 6. The van der Waals surface area contributed by atoms with E-state index in [0.717, 1.165) is 25.7 Å². The summed E-state index contributed by atoms with van der Waals surface area (Å²) in [5.74, 6) is -0.691. The lowest BCUT2D eigenvalue weighted by molar-refractivity contribution is 0.0952. The van der Waals surface area contributed by atoms with E-state index in [4.69, 9.17) is 0 Å². The molecule has 1 saturated heterocycles. The van der Waals surface area contributed by atoms with Crippen molar-refractivity contribution < 1.29 is 18.0 Å². The van der Waals surface area contributed by atoms with Gasteiger partial charge >= 0.3 is 0 Å². The number of benzene rings is 2. The summed E-state index contributed by atoms with van der Waals surface area (Å²) in [6.45, 7) is 1.00. The van der Waals surface area contributed by atoms with Gasteiger partial charge in [-0.25, -0.2) is 8.42 Å². The highest BCUT2D eigenvalue weighted by Crippen LogP contribution is 2.24. The number of nitrogens with zero attached hydrogens (tertiary/aromatic N) is 1. The first-order valence-electron chi connectivity index (χ1n) is 9.76. The summed E-state index contributed by atoms with van der Waals surface area (Å²) in [5.41, 5.74) is 1.000. The first-order valence-corrected chi connectivity index (χ1v) is 11.2. The van der Waals surface area contributed by atoms with Crippen molar-refractivity contribution >= 4 is 27.5 Å². The van der Waals surface area contributed by atoms with Gasteiger partial charge in [0, 0.05) is 24.7 Å². The standard InChI is InChI=1S/C21H23N3O4S/c25-20(23-19-9-2-1-8-18(19)21(26)22-16-10-11-16)15-6-5-7-17(14-15)29(27,28)24-12-3-4-13-24/h1-2,5-9,14,16H,3-4,10-13H2,(H,22,26)(H,23,25). The Hall–Kier alpha value is -2.71. The Balaban J connectivity index is 1.54. The van der Waals surface area contributed by atoms with Gasteiger partial charge in [0.15, 0.2) is 0 Å². The molecule has 2 aromatic rings. The molecule has 8 heteroatoms. The third kappa shape index (κ3) is 4.33. The van der Waals surface area contributed by atoms with E-state index in [1.807, 2.05) is 0 Å². The lowest BCUT2D eigenvalue weighted by atomic mass is 10.1. The van der Waals surface area contributed by atoms with Crippen molar-refractivity contribution in [2.24, 2.45) is 0 Å². The SMILES string of the molecule is O=C(Nc1ccccc1C(=O)NC1CC1)c1cccc(S(=O)(=O)N2CCCC2)c1. The normalized spacial score (nSPS) is 17.1. The van der Waals surface area contributed by atoms with Gasteiger partial charge in [0.05, 0.1) is 16.1 Å². The summed E-state index contributed by atoms with van der Waals surface area (Å²) in [6.07, 6.45) is 3.63. The monoisotopic (exact) mass is 413 g/mol. The van der Waals surface area contributed by atoms with Gasteiger partial charge in [0.1, 0.15) is 0 Å². The van der Waals surface area contributed by atoms with Gasteiger partial charge in [-0.05, 0) is 56.0 Å². The molecular formula is C21H23N3O4S. The molecule has 2 fully saturated rings. The first kappa shape index (κ1) is 19.6. The molecule has 0 spiro atoms. The Kier molecular flexibility index (Phi) is 5.38. The van der Waals surface area contributed by atoms with Gasteiger partial charge in [-0.2, -0.15) is 4.31 Å². The van der Waals surface area contributed by atoms with E-state index in [-0.39, 0.29) is 22.4 Å². The van der Waals surface area contributed by atoms with Crippen LogP contribution in [0.4, 0.5) is 5.69 Å². The summed E-state index contributed by atoms with van der Waals surface area (Å²) in [6, 6.07) is 13.0. The van der Waals surface area contributed by atoms with Crippen LogP contribution >= 0.6 is 0 Å². The minimum absolute atomic E-state index is 0.104. The molecule has 7 nitrogen and oxygen atoms in total. The van der Waals surface area contributed by atoms with Crippen LogP contribution in [-0.4, -0.2) is 43.7 Å². The largest absolute Gasteiger partial charge is 0.349 e. The molecule has 4 rings (SSSR count). The third-order valence-corrected chi connectivity index (χ3v) is 7.03. The summed E-state index contributed by atoms with van der Waals surface area (Å²) in [7, 11) is -3.61. The second kappa shape index (κ2) is 7.96. The summed E-state index contributed by atoms with van der Waals surface area (Å²) < 4.78 is 27.0. The number of carbonyl (C=O) groups is 2. The summed E-state index contributed by atoms with van der Waals surface area (Å²) in [4.78, 5) is 25.3. The molecule has 0 radical (unpaired) electrons. The average Bonchev–Trinajstić information content (AvgIpc) is 3.35. The number of amides is 2. The predicted octanol–water partition coefficient (Wildman–Crippen LogP) is 2.62. The van der Waals surface area contributed by atoms with E-state index in [1.165, 1.54) is 16.4 Å². The molecule has 1 saturated carbocycles. The average molecular weight is 413 g/mol. The van der Waals surface area contributed by atoms with E-state index in [2.05, 4.69) is 10.6 Å². The fourth-order valence-corrected chi connectivity index (χ4v) is 4.91. The van der Waals surface area contributed by atoms with Crippen LogP contribution in [0.1, 0.15) is 46.4 Å². The molecule has 1 aliphatic heterocycles. The number of carbonyl (C=O) groups excluding carboxylic acids is 2. The lowest BCUT2D eigenvalue weighted by Crippen LogP contribution is -2.28. The van der Waals surface area contributed by atoms with Gasteiger partial charge < -0.3 is 10.6 Å². The van der Waals surface area contributed by atoms with E-state index in [1.54, 1.807) is 36.4 Å². The highest BCUT2D eigenvalue weighted by atomic mass is 32.2. The first-order chi connectivity index (χ1) is 13.9. The molecule has 1 aliphatic carbocycles. The number of sulfonamides is 1. The van der Waals surface area contributed by atoms with Gasteiger partial charge in [-0.1, -0.05) is 18.2 Å². The van der Waals surface area contributed by atoms with Crippen LogP contribution in [0.15, 0.2) is 53.4 Å². The quantitative estimate of drug-likeness (QED) is 0.761. The Morgan fingerprint density at radius 2 is 1.66 bits per heavy atom. The van der Waals surface area contributed by atoms with E-state index >= 15 is 0 Å². The second-order valence-corrected chi connectivity index (χ2v) is 9.32. The number of nitrogens with one attached hydrogen (secondary N) is 2. The van der Waals surface area contributed by atoms with Crippen LogP contribution in [0.25, 0.3) is 0 Å². The van der Waals surface area contributed by atoms with Crippen molar-refractivity contribution in [1.82, 2.24) is 9.62 Å². The molecule has 29 heavy (non-hydrogen) atoms. The van der Waals surface area contributed by atoms with Crippen molar-refractivity contribution in [3.8, 4) is 0 Å². The molecule has 0 unspecified atom stereocenters. The highest BCUT2D eigenvalue weighted by molar-refractivity contribution is 7.89. The number of anilines is 1. The number of hydrogen-bond acceptors (Lipinski definition) is 4. The van der Waals surface area contributed by atoms with Crippen molar-refractivity contribution in [2.45, 2.75) is 36.6 Å². The lowest BCUT2D eigenvalue weighted by Gasteiger charge is -2.16. The molecule has 2 aliphatic rings.